The van der Waals surface area contributed by atoms with E-state index in [9.17, 15) is 0 Å². The smallest absolute Gasteiger partial charge is 0.512 e. The molecule has 0 aliphatic carbocycles. The van der Waals surface area contributed by atoms with Crippen molar-refractivity contribution in [1.82, 2.24) is 0 Å². The van der Waals surface area contributed by atoms with Gasteiger partial charge in [0.2, 0.25) is 0 Å². The minimum Gasteiger partial charge on any atom is -0.512 e. The SMILES string of the molecule is Cc1cc(C)c(OB(O)O)cc1C. The minimum absolute atomic E-state index is 0.512. The van der Waals surface area contributed by atoms with E-state index in [2.05, 4.69) is 0 Å². The molecule has 0 unspecified atom stereocenters. The van der Waals surface area contributed by atoms with Gasteiger partial charge in [-0.25, -0.2) is 0 Å². The summed E-state index contributed by atoms with van der Waals surface area (Å²) >= 11 is 0. The lowest BCUT2D eigenvalue weighted by atomic mass is 10.1. The first-order valence-corrected chi connectivity index (χ1v) is 4.11. The average molecular weight is 180 g/mol. The van der Waals surface area contributed by atoms with Crippen molar-refractivity contribution in [3.8, 4) is 5.75 Å². The highest BCUT2D eigenvalue weighted by atomic mass is 16.6. The summed E-state index contributed by atoms with van der Waals surface area (Å²) in [5.41, 5.74) is 3.13. The van der Waals surface area contributed by atoms with Crippen LogP contribution in [0.25, 0.3) is 0 Å². The Hall–Kier alpha value is -0.995. The number of hydrogen-bond donors (Lipinski definition) is 2. The van der Waals surface area contributed by atoms with E-state index < -0.39 is 7.32 Å². The van der Waals surface area contributed by atoms with Crippen molar-refractivity contribution in [1.29, 1.82) is 0 Å². The third-order valence-corrected chi connectivity index (χ3v) is 2.02. The summed E-state index contributed by atoms with van der Waals surface area (Å²) in [5, 5.41) is 17.2. The van der Waals surface area contributed by atoms with Crippen molar-refractivity contribution in [3.05, 3.63) is 28.8 Å². The van der Waals surface area contributed by atoms with Crippen LogP contribution in [-0.2, 0) is 0 Å². The van der Waals surface area contributed by atoms with Gasteiger partial charge in [0, 0.05) is 0 Å². The summed E-state index contributed by atoms with van der Waals surface area (Å²) in [5.74, 6) is 0.512. The Bertz CT molecular complexity index is 310. The van der Waals surface area contributed by atoms with Crippen LogP contribution in [0.1, 0.15) is 16.7 Å². The van der Waals surface area contributed by atoms with Crippen molar-refractivity contribution in [2.45, 2.75) is 20.8 Å². The van der Waals surface area contributed by atoms with Crippen LogP contribution in [0.2, 0.25) is 0 Å². The van der Waals surface area contributed by atoms with Gasteiger partial charge in [0.15, 0.2) is 0 Å². The van der Waals surface area contributed by atoms with E-state index >= 15 is 0 Å². The highest BCUT2D eigenvalue weighted by Gasteiger charge is 2.13. The van der Waals surface area contributed by atoms with Crippen LogP contribution >= 0.6 is 0 Å². The Morgan fingerprint density at radius 3 is 2.08 bits per heavy atom. The average Bonchev–Trinajstić information content (AvgIpc) is 1.99. The lowest BCUT2D eigenvalue weighted by Gasteiger charge is -2.10. The maximum absolute atomic E-state index is 8.62. The van der Waals surface area contributed by atoms with Crippen LogP contribution in [0, 0.1) is 20.8 Å². The van der Waals surface area contributed by atoms with E-state index in [0.29, 0.717) is 5.75 Å². The Balaban J connectivity index is 3.01. The lowest BCUT2D eigenvalue weighted by Crippen LogP contribution is -2.21. The van der Waals surface area contributed by atoms with E-state index in [4.69, 9.17) is 14.7 Å². The van der Waals surface area contributed by atoms with Gasteiger partial charge in [-0.1, -0.05) is 6.07 Å². The molecule has 0 bridgehead atoms. The normalized spacial score (nSPS) is 9.92. The van der Waals surface area contributed by atoms with Gasteiger partial charge in [-0.2, -0.15) is 0 Å². The molecule has 1 rings (SSSR count). The van der Waals surface area contributed by atoms with Crippen molar-refractivity contribution >= 4 is 7.32 Å². The van der Waals surface area contributed by atoms with Crippen LogP contribution < -0.4 is 4.65 Å². The van der Waals surface area contributed by atoms with Gasteiger partial charge in [-0.3, -0.25) is 0 Å². The molecule has 0 saturated heterocycles. The first-order chi connectivity index (χ1) is 6.00. The first kappa shape index (κ1) is 10.1. The van der Waals surface area contributed by atoms with Gasteiger partial charge >= 0.3 is 7.32 Å². The molecule has 0 spiro atoms. The second kappa shape index (κ2) is 3.81. The zero-order valence-corrected chi connectivity index (χ0v) is 8.03. The first-order valence-electron chi connectivity index (χ1n) is 4.11. The molecular weight excluding hydrogens is 167 g/mol. The fourth-order valence-corrected chi connectivity index (χ4v) is 1.17. The molecule has 0 aliphatic rings. The van der Waals surface area contributed by atoms with Crippen LogP contribution in [-0.4, -0.2) is 17.4 Å². The van der Waals surface area contributed by atoms with Gasteiger partial charge in [0.25, 0.3) is 0 Å². The summed E-state index contributed by atoms with van der Waals surface area (Å²) in [6, 6.07) is 3.75. The van der Waals surface area contributed by atoms with Crippen LogP contribution in [0.4, 0.5) is 0 Å². The van der Waals surface area contributed by atoms with Crippen molar-refractivity contribution in [2.24, 2.45) is 0 Å². The van der Waals surface area contributed by atoms with E-state index in [1.54, 1.807) is 6.07 Å². The molecule has 1 aromatic rings. The molecule has 2 N–H and O–H groups in total. The highest BCUT2D eigenvalue weighted by molar-refractivity contribution is 6.33. The lowest BCUT2D eigenvalue weighted by molar-refractivity contribution is 0.287. The Kier molecular flexibility index (Phi) is 2.96. The molecule has 0 fully saturated rings. The van der Waals surface area contributed by atoms with Crippen LogP contribution in [0.15, 0.2) is 12.1 Å². The van der Waals surface area contributed by atoms with E-state index in [0.717, 1.165) is 16.7 Å². The second-order valence-corrected chi connectivity index (χ2v) is 3.15. The minimum atomic E-state index is -1.75. The molecule has 13 heavy (non-hydrogen) atoms. The zero-order valence-electron chi connectivity index (χ0n) is 8.03. The molecule has 0 aromatic heterocycles. The summed E-state index contributed by atoms with van der Waals surface area (Å²) in [6.07, 6.45) is 0. The van der Waals surface area contributed by atoms with E-state index in [1.807, 2.05) is 26.8 Å². The van der Waals surface area contributed by atoms with Crippen LogP contribution in [0.5, 0.6) is 5.75 Å². The third-order valence-electron chi connectivity index (χ3n) is 2.02. The summed E-state index contributed by atoms with van der Waals surface area (Å²) < 4.78 is 4.79. The van der Waals surface area contributed by atoms with Gasteiger partial charge in [0.1, 0.15) is 5.75 Å². The Morgan fingerprint density at radius 1 is 1.00 bits per heavy atom. The van der Waals surface area contributed by atoms with Crippen molar-refractivity contribution in [2.75, 3.05) is 0 Å². The molecular formula is C9H13BO3. The predicted molar refractivity (Wildman–Crippen MR) is 51.5 cm³/mol. The largest absolute Gasteiger partial charge is 0.707 e. The molecule has 0 aliphatic heterocycles. The van der Waals surface area contributed by atoms with Crippen molar-refractivity contribution < 1.29 is 14.7 Å². The molecule has 0 radical (unpaired) electrons. The summed E-state index contributed by atoms with van der Waals surface area (Å²) in [4.78, 5) is 0. The molecule has 3 nitrogen and oxygen atoms in total. The third kappa shape index (κ3) is 2.47. The topological polar surface area (TPSA) is 49.7 Å². The summed E-state index contributed by atoms with van der Waals surface area (Å²) in [7, 11) is -1.75. The number of benzene rings is 1. The Labute approximate surface area is 78.2 Å². The fourth-order valence-electron chi connectivity index (χ4n) is 1.17. The molecule has 0 atom stereocenters. The number of aryl methyl sites for hydroxylation is 3. The van der Waals surface area contributed by atoms with Crippen LogP contribution in [0.3, 0.4) is 0 Å². The second-order valence-electron chi connectivity index (χ2n) is 3.15. The number of rotatable bonds is 2. The van der Waals surface area contributed by atoms with Gasteiger partial charge in [-0.05, 0) is 43.5 Å². The Morgan fingerprint density at radius 2 is 1.54 bits per heavy atom. The maximum Gasteiger partial charge on any atom is 0.707 e. The molecule has 1 aromatic carbocycles. The van der Waals surface area contributed by atoms with Gasteiger partial charge in [0.05, 0.1) is 0 Å². The standard InChI is InChI=1S/C9H13BO3/c1-6-4-8(3)9(5-7(6)2)13-10(11)12/h4-5,11-12H,1-3H3. The van der Waals surface area contributed by atoms with Crippen molar-refractivity contribution in [3.63, 3.8) is 0 Å². The molecule has 4 heteroatoms. The fraction of sp³-hybridized carbons (Fsp3) is 0.333. The summed E-state index contributed by atoms with van der Waals surface area (Å²) in [6.45, 7) is 5.82. The molecule has 70 valence electrons. The predicted octanol–water partition coefficient (Wildman–Crippen LogP) is 0.960. The van der Waals surface area contributed by atoms with Gasteiger partial charge in [-0.15, -0.1) is 0 Å². The molecule has 0 amide bonds. The molecule has 0 heterocycles. The van der Waals surface area contributed by atoms with E-state index in [-0.39, 0.29) is 0 Å². The number of hydrogen-bond acceptors (Lipinski definition) is 3. The quantitative estimate of drug-likeness (QED) is 0.666. The van der Waals surface area contributed by atoms with Gasteiger partial charge < -0.3 is 14.7 Å². The zero-order chi connectivity index (χ0) is 10.0. The highest BCUT2D eigenvalue weighted by Crippen LogP contribution is 2.22. The maximum atomic E-state index is 8.62. The molecule has 0 saturated carbocycles. The van der Waals surface area contributed by atoms with E-state index in [1.165, 1.54) is 0 Å². The monoisotopic (exact) mass is 180 g/mol.